The molecule has 1 N–H and O–H groups in total. The highest BCUT2D eigenvalue weighted by molar-refractivity contribution is 8.02. The van der Waals surface area contributed by atoms with Gasteiger partial charge in [-0.25, -0.2) is 4.98 Å². The van der Waals surface area contributed by atoms with Crippen LogP contribution in [-0.4, -0.2) is 25.9 Å². The number of hydrogen-bond donors (Lipinski definition) is 1. The van der Waals surface area contributed by atoms with E-state index in [4.69, 9.17) is 4.42 Å². The van der Waals surface area contributed by atoms with Gasteiger partial charge in [-0.15, -0.1) is 21.5 Å². The van der Waals surface area contributed by atoms with Crippen LogP contribution in [-0.2, 0) is 5.75 Å². The van der Waals surface area contributed by atoms with E-state index in [1.54, 1.807) is 41.1 Å². The Morgan fingerprint density at radius 2 is 2.11 bits per heavy atom. The number of rotatable bonds is 8. The Hall–Kier alpha value is -1.62. The van der Waals surface area contributed by atoms with Gasteiger partial charge in [0.15, 0.2) is 8.68 Å². The fourth-order valence-electron chi connectivity index (χ4n) is 2.42. The van der Waals surface area contributed by atoms with E-state index in [2.05, 4.69) is 27.1 Å². The maximum atomic E-state index is 12.6. The van der Waals surface area contributed by atoms with Gasteiger partial charge in [-0.05, 0) is 18.6 Å². The van der Waals surface area contributed by atoms with Crippen molar-refractivity contribution < 1.29 is 4.42 Å². The van der Waals surface area contributed by atoms with Crippen LogP contribution in [0.4, 0.5) is 0 Å². The summed E-state index contributed by atoms with van der Waals surface area (Å²) < 4.78 is 7.30. The Kier molecular flexibility index (Phi) is 5.96. The van der Waals surface area contributed by atoms with E-state index in [0.717, 1.165) is 20.0 Å². The summed E-state index contributed by atoms with van der Waals surface area (Å²) in [5.74, 6) is 2.93. The molecule has 0 unspecified atom stereocenters. The van der Waals surface area contributed by atoms with Crippen molar-refractivity contribution in [3.63, 3.8) is 0 Å². The molecule has 0 atom stereocenters. The molecule has 0 fully saturated rings. The standard InChI is InChI=1S/C17H16N4O2S4/c1-2-3-7-24-16-20-21-17(27-16)26-9-12-18-14(22)13-10(8-25-15(13)19-12)11-5-4-6-23-11/h4-6,8H,2-3,7,9H2,1H3,(H,18,19,22). The zero-order valence-corrected chi connectivity index (χ0v) is 17.7. The van der Waals surface area contributed by atoms with Gasteiger partial charge in [-0.3, -0.25) is 4.79 Å². The number of aromatic amines is 1. The predicted octanol–water partition coefficient (Wildman–Crippen LogP) is 5.28. The zero-order valence-electron chi connectivity index (χ0n) is 14.4. The quantitative estimate of drug-likeness (QED) is 0.297. The van der Waals surface area contributed by atoms with Gasteiger partial charge < -0.3 is 9.40 Å². The highest BCUT2D eigenvalue weighted by atomic mass is 32.2. The summed E-state index contributed by atoms with van der Waals surface area (Å²) >= 11 is 6.32. The first-order valence-electron chi connectivity index (χ1n) is 8.38. The second-order valence-electron chi connectivity index (χ2n) is 5.64. The molecule has 0 spiro atoms. The van der Waals surface area contributed by atoms with E-state index in [-0.39, 0.29) is 5.56 Å². The van der Waals surface area contributed by atoms with Crippen LogP contribution in [0, 0.1) is 0 Å². The Bertz CT molecular complexity index is 1080. The second-order valence-corrected chi connectivity index (χ2v) is 10.0. The minimum Gasteiger partial charge on any atom is -0.464 e. The summed E-state index contributed by atoms with van der Waals surface area (Å²) in [7, 11) is 0. The molecule has 0 saturated heterocycles. The molecule has 4 rings (SSSR count). The number of thioether (sulfide) groups is 2. The van der Waals surface area contributed by atoms with Crippen molar-refractivity contribution in [2.75, 3.05) is 5.75 Å². The van der Waals surface area contributed by atoms with E-state index in [1.165, 1.54) is 24.2 Å². The van der Waals surface area contributed by atoms with Crippen LogP contribution in [0.5, 0.6) is 0 Å². The number of nitrogens with zero attached hydrogens (tertiary/aromatic N) is 3. The van der Waals surface area contributed by atoms with Crippen LogP contribution >= 0.6 is 46.2 Å². The number of thiophene rings is 1. The summed E-state index contributed by atoms with van der Waals surface area (Å²) in [6.45, 7) is 2.18. The molecule has 0 aromatic carbocycles. The van der Waals surface area contributed by atoms with Gasteiger partial charge in [-0.1, -0.05) is 48.2 Å². The Labute approximate surface area is 171 Å². The average Bonchev–Trinajstić information content (AvgIpc) is 3.40. The first kappa shape index (κ1) is 18.7. The Balaban J connectivity index is 1.48. The van der Waals surface area contributed by atoms with Gasteiger partial charge >= 0.3 is 0 Å². The Morgan fingerprint density at radius 1 is 1.26 bits per heavy atom. The van der Waals surface area contributed by atoms with Crippen LogP contribution < -0.4 is 5.56 Å². The van der Waals surface area contributed by atoms with Crippen molar-refractivity contribution >= 4 is 56.4 Å². The van der Waals surface area contributed by atoms with E-state index >= 15 is 0 Å². The molecule has 10 heteroatoms. The average molecular weight is 437 g/mol. The van der Waals surface area contributed by atoms with Crippen molar-refractivity contribution in [3.8, 4) is 11.3 Å². The molecule has 0 bridgehead atoms. The molecule has 140 valence electrons. The molecule has 0 amide bonds. The lowest BCUT2D eigenvalue weighted by Crippen LogP contribution is -2.10. The lowest BCUT2D eigenvalue weighted by atomic mass is 10.2. The van der Waals surface area contributed by atoms with Crippen LogP contribution in [0.3, 0.4) is 0 Å². The highest BCUT2D eigenvalue weighted by Gasteiger charge is 2.15. The molecule has 0 aliphatic rings. The fraction of sp³-hybridized carbons (Fsp3) is 0.294. The number of aromatic nitrogens is 4. The molecule has 4 aromatic heterocycles. The van der Waals surface area contributed by atoms with Gasteiger partial charge in [-0.2, -0.15) is 0 Å². The summed E-state index contributed by atoms with van der Waals surface area (Å²) in [4.78, 5) is 20.8. The fourth-order valence-corrected chi connectivity index (χ4v) is 6.41. The molecule has 4 heterocycles. The summed E-state index contributed by atoms with van der Waals surface area (Å²) in [6.07, 6.45) is 3.96. The van der Waals surface area contributed by atoms with Crippen molar-refractivity contribution in [1.29, 1.82) is 0 Å². The molecule has 4 aromatic rings. The van der Waals surface area contributed by atoms with Gasteiger partial charge in [0.1, 0.15) is 16.4 Å². The minimum atomic E-state index is -0.142. The van der Waals surface area contributed by atoms with Crippen LogP contribution in [0.1, 0.15) is 25.6 Å². The molecule has 27 heavy (non-hydrogen) atoms. The van der Waals surface area contributed by atoms with Crippen LogP contribution in [0.2, 0.25) is 0 Å². The topological polar surface area (TPSA) is 84.7 Å². The minimum absolute atomic E-state index is 0.142. The zero-order chi connectivity index (χ0) is 18.6. The third kappa shape index (κ3) is 4.29. The van der Waals surface area contributed by atoms with Crippen molar-refractivity contribution in [2.45, 2.75) is 34.2 Å². The lowest BCUT2D eigenvalue weighted by Gasteiger charge is -1.99. The molecular formula is C17H16N4O2S4. The third-order valence-corrected chi connectivity index (χ3v) is 7.88. The summed E-state index contributed by atoms with van der Waals surface area (Å²) in [5, 5.41) is 10.9. The number of unbranched alkanes of at least 4 members (excludes halogenated alkanes) is 1. The number of hydrogen-bond acceptors (Lipinski definition) is 9. The maximum Gasteiger partial charge on any atom is 0.260 e. The first-order valence-corrected chi connectivity index (χ1v) is 12.0. The number of furan rings is 1. The van der Waals surface area contributed by atoms with E-state index in [0.29, 0.717) is 27.6 Å². The van der Waals surface area contributed by atoms with E-state index in [9.17, 15) is 4.79 Å². The van der Waals surface area contributed by atoms with Gasteiger partial charge in [0.2, 0.25) is 0 Å². The molecule has 0 aliphatic carbocycles. The molecule has 0 radical (unpaired) electrons. The van der Waals surface area contributed by atoms with E-state index in [1.807, 2.05) is 17.5 Å². The molecule has 0 saturated carbocycles. The van der Waals surface area contributed by atoms with Crippen molar-refractivity contribution in [3.05, 3.63) is 40.0 Å². The van der Waals surface area contributed by atoms with Crippen molar-refractivity contribution in [2.24, 2.45) is 0 Å². The predicted molar refractivity (Wildman–Crippen MR) is 113 cm³/mol. The van der Waals surface area contributed by atoms with Crippen molar-refractivity contribution in [1.82, 2.24) is 20.2 Å². The maximum absolute atomic E-state index is 12.6. The number of H-pyrrole nitrogens is 1. The Morgan fingerprint density at radius 3 is 2.89 bits per heavy atom. The highest BCUT2D eigenvalue weighted by Crippen LogP contribution is 2.33. The SMILES string of the molecule is CCCCSc1nnc(SCc2nc3scc(-c4ccco4)c3c(=O)[nH]2)s1. The van der Waals surface area contributed by atoms with Gasteiger partial charge in [0.05, 0.1) is 17.4 Å². The number of fused-ring (bicyclic) bond motifs is 1. The molecule has 0 aliphatic heterocycles. The molecular weight excluding hydrogens is 420 g/mol. The van der Waals surface area contributed by atoms with Gasteiger partial charge in [0, 0.05) is 16.7 Å². The largest absolute Gasteiger partial charge is 0.464 e. The lowest BCUT2D eigenvalue weighted by molar-refractivity contribution is 0.583. The van der Waals surface area contributed by atoms with Crippen LogP contribution in [0.25, 0.3) is 21.5 Å². The summed E-state index contributed by atoms with van der Waals surface area (Å²) in [5.41, 5.74) is 0.641. The summed E-state index contributed by atoms with van der Waals surface area (Å²) in [6, 6.07) is 3.65. The first-order chi connectivity index (χ1) is 13.2. The molecule has 6 nitrogen and oxygen atoms in total. The van der Waals surface area contributed by atoms with Gasteiger partial charge in [0.25, 0.3) is 5.56 Å². The monoisotopic (exact) mass is 436 g/mol. The smallest absolute Gasteiger partial charge is 0.260 e. The van der Waals surface area contributed by atoms with Crippen LogP contribution in [0.15, 0.2) is 41.7 Å². The van der Waals surface area contributed by atoms with E-state index < -0.39 is 0 Å². The third-order valence-electron chi connectivity index (χ3n) is 3.72. The normalized spacial score (nSPS) is 11.4. The second kappa shape index (κ2) is 8.59. The number of nitrogens with one attached hydrogen (secondary N) is 1.